The lowest BCUT2D eigenvalue weighted by molar-refractivity contribution is 0.0991. The molecule has 0 fully saturated rings. The molecule has 0 aliphatic carbocycles. The van der Waals surface area contributed by atoms with Crippen molar-refractivity contribution in [1.29, 1.82) is 0 Å². The highest BCUT2D eigenvalue weighted by molar-refractivity contribution is 5.97. The SMILES string of the molecule is O=C(Cc1ccc(Oc2ccnn3ccc(-c4ccncc4)c23)c(F)c1)c1cccn(-c2ccc(F)cc2)c1=O. The number of aromatic nitrogens is 4. The van der Waals surface area contributed by atoms with Gasteiger partial charge in [-0.25, -0.2) is 13.3 Å². The molecule has 4 heterocycles. The van der Waals surface area contributed by atoms with Crippen molar-refractivity contribution >= 4 is 11.3 Å². The molecule has 0 saturated carbocycles. The molecule has 0 amide bonds. The third kappa shape index (κ3) is 4.76. The zero-order valence-corrected chi connectivity index (χ0v) is 20.9. The molecular formula is C31H20F2N4O3. The molecule has 0 radical (unpaired) electrons. The predicted molar refractivity (Wildman–Crippen MR) is 145 cm³/mol. The molecule has 0 atom stereocenters. The molecule has 2 aromatic carbocycles. The second kappa shape index (κ2) is 10.4. The number of pyridine rings is 2. The van der Waals surface area contributed by atoms with E-state index in [1.165, 1.54) is 53.2 Å². The van der Waals surface area contributed by atoms with Gasteiger partial charge in [0.25, 0.3) is 5.56 Å². The lowest BCUT2D eigenvalue weighted by Crippen LogP contribution is -2.25. The van der Waals surface area contributed by atoms with Crippen LogP contribution in [0.4, 0.5) is 8.78 Å². The summed E-state index contributed by atoms with van der Waals surface area (Å²) in [4.78, 5) is 30.0. The number of Topliss-reactive ketones (excluding diaryl/α,β-unsaturated/α-hetero) is 1. The maximum Gasteiger partial charge on any atom is 0.265 e. The van der Waals surface area contributed by atoms with E-state index in [1.54, 1.807) is 47.5 Å². The Balaban J connectivity index is 1.25. The molecule has 7 nitrogen and oxygen atoms in total. The Kier molecular flexibility index (Phi) is 6.45. The van der Waals surface area contributed by atoms with Crippen LogP contribution in [0.3, 0.4) is 0 Å². The summed E-state index contributed by atoms with van der Waals surface area (Å²) in [6.45, 7) is 0. The van der Waals surface area contributed by atoms with Gasteiger partial charge in [0, 0.05) is 48.5 Å². The van der Waals surface area contributed by atoms with E-state index in [-0.39, 0.29) is 17.7 Å². The number of hydrogen-bond acceptors (Lipinski definition) is 5. The molecule has 9 heteroatoms. The number of hydrogen-bond donors (Lipinski definition) is 0. The minimum absolute atomic E-state index is 0.0236. The Morgan fingerprint density at radius 2 is 1.65 bits per heavy atom. The van der Waals surface area contributed by atoms with Gasteiger partial charge in [0.15, 0.2) is 23.1 Å². The smallest absolute Gasteiger partial charge is 0.265 e. The van der Waals surface area contributed by atoms with Crippen LogP contribution in [-0.4, -0.2) is 24.9 Å². The van der Waals surface area contributed by atoms with Gasteiger partial charge in [-0.15, -0.1) is 0 Å². The fraction of sp³-hybridized carbons (Fsp3) is 0.0323. The first kappa shape index (κ1) is 24.9. The average molecular weight is 535 g/mol. The third-order valence-corrected chi connectivity index (χ3v) is 6.44. The van der Waals surface area contributed by atoms with Crippen LogP contribution in [0, 0.1) is 11.6 Å². The molecule has 0 aliphatic heterocycles. The topological polar surface area (TPSA) is 78.5 Å². The Labute approximate surface area is 226 Å². The summed E-state index contributed by atoms with van der Waals surface area (Å²) >= 11 is 0. The summed E-state index contributed by atoms with van der Waals surface area (Å²) in [6, 6.07) is 19.9. The monoisotopic (exact) mass is 534 g/mol. The third-order valence-electron chi connectivity index (χ3n) is 6.44. The highest BCUT2D eigenvalue weighted by Crippen LogP contribution is 2.34. The van der Waals surface area contributed by atoms with Crippen molar-refractivity contribution in [3.63, 3.8) is 0 Å². The number of benzene rings is 2. The van der Waals surface area contributed by atoms with E-state index >= 15 is 4.39 Å². The van der Waals surface area contributed by atoms with E-state index in [1.807, 2.05) is 18.2 Å². The quantitative estimate of drug-likeness (QED) is 0.233. The predicted octanol–water partition coefficient (Wildman–Crippen LogP) is 6.04. The highest BCUT2D eigenvalue weighted by Gasteiger charge is 2.17. The van der Waals surface area contributed by atoms with Crippen LogP contribution in [-0.2, 0) is 6.42 Å². The number of ether oxygens (including phenoxy) is 1. The van der Waals surface area contributed by atoms with Gasteiger partial charge in [-0.1, -0.05) is 6.07 Å². The number of ketones is 1. The normalized spacial score (nSPS) is 11.1. The molecule has 40 heavy (non-hydrogen) atoms. The molecule has 0 unspecified atom stereocenters. The molecule has 0 aliphatic rings. The lowest BCUT2D eigenvalue weighted by Gasteiger charge is -2.11. The van der Waals surface area contributed by atoms with Crippen LogP contribution in [0.2, 0.25) is 0 Å². The summed E-state index contributed by atoms with van der Waals surface area (Å²) in [7, 11) is 0. The Morgan fingerprint density at radius 3 is 2.42 bits per heavy atom. The first-order valence-electron chi connectivity index (χ1n) is 12.3. The lowest BCUT2D eigenvalue weighted by atomic mass is 10.0. The number of halogens is 2. The van der Waals surface area contributed by atoms with Crippen molar-refractivity contribution in [3.05, 3.63) is 143 Å². The highest BCUT2D eigenvalue weighted by atomic mass is 19.1. The van der Waals surface area contributed by atoms with Crippen molar-refractivity contribution in [1.82, 2.24) is 19.2 Å². The van der Waals surface area contributed by atoms with Crippen LogP contribution in [0.5, 0.6) is 11.5 Å². The summed E-state index contributed by atoms with van der Waals surface area (Å²) < 4.78 is 37.3. The van der Waals surface area contributed by atoms with Gasteiger partial charge < -0.3 is 4.74 Å². The van der Waals surface area contributed by atoms with E-state index < -0.39 is 23.0 Å². The van der Waals surface area contributed by atoms with Crippen LogP contribution in [0.1, 0.15) is 15.9 Å². The first-order valence-corrected chi connectivity index (χ1v) is 12.3. The van der Waals surface area contributed by atoms with Gasteiger partial charge >= 0.3 is 0 Å². The molecule has 6 rings (SSSR count). The minimum atomic E-state index is -0.658. The fourth-order valence-corrected chi connectivity index (χ4v) is 4.51. The second-order valence-corrected chi connectivity index (χ2v) is 8.99. The second-order valence-electron chi connectivity index (χ2n) is 8.99. The van der Waals surface area contributed by atoms with Gasteiger partial charge in [0.05, 0.1) is 11.8 Å². The molecule has 0 saturated heterocycles. The van der Waals surface area contributed by atoms with Crippen molar-refractivity contribution < 1.29 is 18.3 Å². The molecule has 0 bridgehead atoms. The number of nitrogens with zero attached hydrogens (tertiary/aromatic N) is 4. The Morgan fingerprint density at radius 1 is 0.850 bits per heavy atom. The number of carbonyl (C=O) groups is 1. The van der Waals surface area contributed by atoms with Gasteiger partial charge in [-0.2, -0.15) is 5.10 Å². The van der Waals surface area contributed by atoms with Gasteiger partial charge in [0.1, 0.15) is 11.3 Å². The van der Waals surface area contributed by atoms with Crippen LogP contribution >= 0.6 is 0 Å². The molecule has 6 aromatic rings. The average Bonchev–Trinajstić information content (AvgIpc) is 3.41. The van der Waals surface area contributed by atoms with Crippen LogP contribution in [0.15, 0.2) is 115 Å². The van der Waals surface area contributed by atoms with E-state index in [0.29, 0.717) is 22.5 Å². The summed E-state index contributed by atoms with van der Waals surface area (Å²) in [6.07, 6.45) is 8.02. The fourth-order valence-electron chi connectivity index (χ4n) is 4.51. The molecule has 4 aromatic heterocycles. The van der Waals surface area contributed by atoms with Crippen molar-refractivity contribution in [2.75, 3.05) is 0 Å². The van der Waals surface area contributed by atoms with E-state index in [0.717, 1.165) is 11.1 Å². The van der Waals surface area contributed by atoms with E-state index in [2.05, 4.69) is 10.1 Å². The largest absolute Gasteiger partial charge is 0.452 e. The van der Waals surface area contributed by atoms with Crippen LogP contribution < -0.4 is 10.3 Å². The summed E-state index contributed by atoms with van der Waals surface area (Å²) in [5.41, 5.74) is 2.63. The molecule has 0 N–H and O–H groups in total. The Bertz CT molecular complexity index is 1920. The van der Waals surface area contributed by atoms with Crippen molar-refractivity contribution in [2.24, 2.45) is 0 Å². The standard InChI is InChI=1S/C31H20F2N4O3/c32-22-4-6-23(7-5-22)36-16-1-2-25(31(36)39)27(38)19-20-3-8-28(26(33)18-20)40-29-11-15-35-37-17-12-24(30(29)37)21-9-13-34-14-10-21/h1-18H,19H2. The summed E-state index contributed by atoms with van der Waals surface area (Å²) in [5, 5.41) is 4.31. The first-order chi connectivity index (χ1) is 19.5. The van der Waals surface area contributed by atoms with Gasteiger partial charge in [-0.05, 0) is 77.9 Å². The van der Waals surface area contributed by atoms with E-state index in [4.69, 9.17) is 4.74 Å². The summed E-state index contributed by atoms with van der Waals surface area (Å²) in [5.74, 6) is -1.19. The number of carbonyl (C=O) groups excluding carboxylic acids is 1. The maximum atomic E-state index is 15.2. The number of fused-ring (bicyclic) bond motifs is 1. The molecule has 0 spiro atoms. The number of rotatable bonds is 7. The molecular weight excluding hydrogens is 514 g/mol. The van der Waals surface area contributed by atoms with Gasteiger partial charge in [0.2, 0.25) is 0 Å². The Hall–Kier alpha value is -5.44. The van der Waals surface area contributed by atoms with Crippen LogP contribution in [0.25, 0.3) is 22.3 Å². The maximum absolute atomic E-state index is 15.2. The molecule has 196 valence electrons. The van der Waals surface area contributed by atoms with E-state index in [9.17, 15) is 14.0 Å². The minimum Gasteiger partial charge on any atom is -0.452 e. The van der Waals surface area contributed by atoms with Crippen molar-refractivity contribution in [3.8, 4) is 28.3 Å². The van der Waals surface area contributed by atoms with Gasteiger partial charge in [-0.3, -0.25) is 19.1 Å². The zero-order chi connectivity index (χ0) is 27.6. The zero-order valence-electron chi connectivity index (χ0n) is 20.9. The van der Waals surface area contributed by atoms with Crippen molar-refractivity contribution in [2.45, 2.75) is 6.42 Å².